The number of nitrogens with two attached hydrogens (primary N) is 1. The van der Waals surface area contributed by atoms with Crippen LogP contribution < -0.4 is 10.6 Å². The number of rotatable bonds is 2. The molecule has 1 aliphatic heterocycles. The van der Waals surface area contributed by atoms with Crippen molar-refractivity contribution in [3.05, 3.63) is 23.8 Å². The number of hydrogen-bond donors (Lipinski definition) is 2. The number of carbonyl (C=O) groups excluding carboxylic acids is 1. The van der Waals surface area contributed by atoms with E-state index in [-0.39, 0.29) is 5.97 Å². The van der Waals surface area contributed by atoms with Crippen molar-refractivity contribution in [3.63, 3.8) is 0 Å². The quantitative estimate of drug-likeness (QED) is 0.624. The van der Waals surface area contributed by atoms with Crippen LogP contribution in [-0.2, 0) is 4.74 Å². The van der Waals surface area contributed by atoms with Gasteiger partial charge in [0.1, 0.15) is 0 Å². The van der Waals surface area contributed by atoms with E-state index >= 15 is 0 Å². The fraction of sp³-hybridized carbons (Fsp3) is 0.500. The first-order chi connectivity index (χ1) is 8.93. The van der Waals surface area contributed by atoms with Crippen LogP contribution in [0.15, 0.2) is 18.2 Å². The zero-order valence-corrected chi connectivity index (χ0v) is 11.3. The molecule has 104 valence electrons. The van der Waals surface area contributed by atoms with Gasteiger partial charge in [0.15, 0.2) is 0 Å². The summed E-state index contributed by atoms with van der Waals surface area (Å²) in [6.07, 6.45) is 1.43. The van der Waals surface area contributed by atoms with Crippen molar-refractivity contribution in [1.29, 1.82) is 0 Å². The highest BCUT2D eigenvalue weighted by molar-refractivity contribution is 5.92. The SMILES string of the molecule is COC(=O)c1ccc(N2CCC(C)(O)CC2)c(N)c1. The Hall–Kier alpha value is -1.75. The Morgan fingerprint density at radius 1 is 1.42 bits per heavy atom. The molecular formula is C14H20N2O3. The normalized spacial score (nSPS) is 18.2. The zero-order valence-electron chi connectivity index (χ0n) is 11.3. The number of methoxy groups -OCH3 is 1. The number of carbonyl (C=O) groups is 1. The molecule has 0 bridgehead atoms. The molecule has 1 heterocycles. The molecular weight excluding hydrogens is 244 g/mol. The van der Waals surface area contributed by atoms with E-state index in [0.29, 0.717) is 24.1 Å². The molecule has 0 aliphatic carbocycles. The largest absolute Gasteiger partial charge is 0.465 e. The lowest BCUT2D eigenvalue weighted by atomic mass is 9.93. The number of benzene rings is 1. The van der Waals surface area contributed by atoms with Gasteiger partial charge in [0.05, 0.1) is 29.6 Å². The molecule has 1 fully saturated rings. The molecule has 3 N–H and O–H groups in total. The summed E-state index contributed by atoms with van der Waals surface area (Å²) in [6.45, 7) is 3.37. The number of hydrogen-bond acceptors (Lipinski definition) is 5. The average molecular weight is 264 g/mol. The Bertz CT molecular complexity index is 476. The molecule has 0 saturated carbocycles. The molecule has 0 unspecified atom stereocenters. The molecule has 1 saturated heterocycles. The maximum atomic E-state index is 11.4. The molecule has 0 atom stereocenters. The lowest BCUT2D eigenvalue weighted by Crippen LogP contribution is -2.42. The fourth-order valence-electron chi connectivity index (χ4n) is 2.32. The third-order valence-electron chi connectivity index (χ3n) is 3.63. The fourth-order valence-corrected chi connectivity index (χ4v) is 2.32. The molecule has 1 aromatic rings. The van der Waals surface area contributed by atoms with E-state index in [1.807, 2.05) is 13.0 Å². The minimum atomic E-state index is -0.586. The first-order valence-corrected chi connectivity index (χ1v) is 6.38. The Labute approximate surface area is 113 Å². The Kier molecular flexibility index (Phi) is 3.66. The standard InChI is InChI=1S/C14H20N2O3/c1-14(18)5-7-16(8-6-14)12-4-3-10(9-11(12)15)13(17)19-2/h3-4,9,18H,5-8,15H2,1-2H3. The van der Waals surface area contributed by atoms with Crippen LogP contribution in [0.25, 0.3) is 0 Å². The van der Waals surface area contributed by atoms with E-state index in [0.717, 1.165) is 18.8 Å². The third kappa shape index (κ3) is 2.98. The number of ether oxygens (including phenoxy) is 1. The van der Waals surface area contributed by atoms with Gasteiger partial charge in [-0.3, -0.25) is 0 Å². The first-order valence-electron chi connectivity index (χ1n) is 6.38. The predicted molar refractivity (Wildman–Crippen MR) is 74.3 cm³/mol. The summed E-state index contributed by atoms with van der Waals surface area (Å²) in [7, 11) is 1.35. The summed E-state index contributed by atoms with van der Waals surface area (Å²) in [5, 5.41) is 9.94. The van der Waals surface area contributed by atoms with Crippen LogP contribution in [0.5, 0.6) is 0 Å². The van der Waals surface area contributed by atoms with E-state index in [2.05, 4.69) is 9.64 Å². The monoisotopic (exact) mass is 264 g/mol. The lowest BCUT2D eigenvalue weighted by molar-refractivity contribution is 0.0351. The van der Waals surface area contributed by atoms with Crippen LogP contribution in [0.2, 0.25) is 0 Å². The topological polar surface area (TPSA) is 75.8 Å². The van der Waals surface area contributed by atoms with Crippen molar-refractivity contribution >= 4 is 17.3 Å². The lowest BCUT2D eigenvalue weighted by Gasteiger charge is -2.37. The van der Waals surface area contributed by atoms with Crippen LogP contribution in [0, 0.1) is 0 Å². The van der Waals surface area contributed by atoms with Crippen molar-refractivity contribution in [1.82, 2.24) is 0 Å². The highest BCUT2D eigenvalue weighted by Crippen LogP contribution is 2.30. The minimum Gasteiger partial charge on any atom is -0.465 e. The second-order valence-corrected chi connectivity index (χ2v) is 5.25. The highest BCUT2D eigenvalue weighted by Gasteiger charge is 2.28. The van der Waals surface area contributed by atoms with Gasteiger partial charge in [0.25, 0.3) is 0 Å². The minimum absolute atomic E-state index is 0.389. The van der Waals surface area contributed by atoms with Crippen molar-refractivity contribution in [2.24, 2.45) is 0 Å². The summed E-state index contributed by atoms with van der Waals surface area (Å²) in [5.41, 5.74) is 7.33. The van der Waals surface area contributed by atoms with Crippen LogP contribution in [0.1, 0.15) is 30.1 Å². The van der Waals surface area contributed by atoms with Gasteiger partial charge in [-0.25, -0.2) is 4.79 Å². The van der Waals surface area contributed by atoms with E-state index in [1.54, 1.807) is 12.1 Å². The van der Waals surface area contributed by atoms with E-state index in [4.69, 9.17) is 5.73 Å². The molecule has 1 aromatic carbocycles. The van der Waals surface area contributed by atoms with Gasteiger partial charge in [0, 0.05) is 13.1 Å². The first kappa shape index (κ1) is 13.7. The van der Waals surface area contributed by atoms with Crippen LogP contribution in [0.3, 0.4) is 0 Å². The molecule has 0 aromatic heterocycles. The molecule has 1 aliphatic rings. The van der Waals surface area contributed by atoms with Crippen LogP contribution >= 0.6 is 0 Å². The summed E-state index contributed by atoms with van der Waals surface area (Å²) >= 11 is 0. The molecule has 2 rings (SSSR count). The van der Waals surface area contributed by atoms with Crippen molar-refractivity contribution in [2.75, 3.05) is 30.8 Å². The van der Waals surface area contributed by atoms with Crippen LogP contribution in [-0.4, -0.2) is 36.9 Å². The van der Waals surface area contributed by atoms with Crippen molar-refractivity contribution in [2.45, 2.75) is 25.4 Å². The highest BCUT2D eigenvalue weighted by atomic mass is 16.5. The number of nitrogen functional groups attached to an aromatic ring is 1. The second kappa shape index (κ2) is 5.09. The van der Waals surface area contributed by atoms with Crippen molar-refractivity contribution in [3.8, 4) is 0 Å². The smallest absolute Gasteiger partial charge is 0.337 e. The molecule has 0 spiro atoms. The van der Waals surface area contributed by atoms with E-state index < -0.39 is 5.60 Å². The number of esters is 1. The Morgan fingerprint density at radius 3 is 2.58 bits per heavy atom. The van der Waals surface area contributed by atoms with Crippen molar-refractivity contribution < 1.29 is 14.6 Å². The van der Waals surface area contributed by atoms with Gasteiger partial charge in [-0.05, 0) is 38.0 Å². The molecule has 5 heteroatoms. The molecule has 5 nitrogen and oxygen atoms in total. The third-order valence-corrected chi connectivity index (χ3v) is 3.63. The van der Waals surface area contributed by atoms with Gasteiger partial charge < -0.3 is 20.5 Å². The van der Waals surface area contributed by atoms with Gasteiger partial charge in [0.2, 0.25) is 0 Å². The molecule has 0 radical (unpaired) electrons. The van der Waals surface area contributed by atoms with Gasteiger partial charge in [-0.15, -0.1) is 0 Å². The average Bonchev–Trinajstić information content (AvgIpc) is 2.38. The molecule has 0 amide bonds. The summed E-state index contributed by atoms with van der Waals surface area (Å²) < 4.78 is 4.66. The van der Waals surface area contributed by atoms with Gasteiger partial charge in [-0.1, -0.05) is 0 Å². The Morgan fingerprint density at radius 2 is 2.05 bits per heavy atom. The number of nitrogens with zero attached hydrogens (tertiary/aromatic N) is 1. The Balaban J connectivity index is 2.16. The number of aliphatic hydroxyl groups is 1. The van der Waals surface area contributed by atoms with Crippen LogP contribution in [0.4, 0.5) is 11.4 Å². The summed E-state index contributed by atoms with van der Waals surface area (Å²) in [5.74, 6) is -0.389. The summed E-state index contributed by atoms with van der Waals surface area (Å²) in [4.78, 5) is 13.5. The number of anilines is 2. The van der Waals surface area contributed by atoms with Gasteiger partial charge in [-0.2, -0.15) is 0 Å². The maximum absolute atomic E-state index is 11.4. The zero-order chi connectivity index (χ0) is 14.0. The summed E-state index contributed by atoms with van der Waals surface area (Å²) in [6, 6.07) is 5.18. The maximum Gasteiger partial charge on any atom is 0.337 e. The van der Waals surface area contributed by atoms with E-state index in [1.165, 1.54) is 7.11 Å². The second-order valence-electron chi connectivity index (χ2n) is 5.25. The molecule has 19 heavy (non-hydrogen) atoms. The number of piperidine rings is 1. The van der Waals surface area contributed by atoms with E-state index in [9.17, 15) is 9.90 Å². The predicted octanol–water partition coefficient (Wildman–Crippen LogP) is 1.41. The van der Waals surface area contributed by atoms with Gasteiger partial charge >= 0.3 is 5.97 Å².